The molecule has 0 saturated carbocycles. The molecule has 1 heterocycles. The molecule has 0 aromatic heterocycles. The number of hydrogen-bond acceptors (Lipinski definition) is 2. The Morgan fingerprint density at radius 3 is 2.41 bits per heavy atom. The second kappa shape index (κ2) is 4.87. The number of methoxy groups -OCH3 is 1. The Balaban J connectivity index is 2.45. The highest BCUT2D eigenvalue weighted by Gasteiger charge is 2.41. The fourth-order valence-corrected chi connectivity index (χ4v) is 2.70. The first-order chi connectivity index (χ1) is 8.13. The molecule has 94 valence electrons. The minimum atomic E-state index is 0.0611. The fraction of sp³-hybridized carbons (Fsp3) is 0.571. The van der Waals surface area contributed by atoms with Gasteiger partial charge in [-0.05, 0) is 37.5 Å². The van der Waals surface area contributed by atoms with E-state index < -0.39 is 0 Å². The number of halogens is 1. The van der Waals surface area contributed by atoms with Gasteiger partial charge in [-0.15, -0.1) is 11.6 Å². The molecule has 0 spiro atoms. The maximum absolute atomic E-state index is 5.92. The average molecular weight is 255 g/mol. The van der Waals surface area contributed by atoms with Crippen LogP contribution in [0.3, 0.4) is 0 Å². The van der Waals surface area contributed by atoms with Gasteiger partial charge in [0, 0.05) is 16.9 Å². The molecule has 1 fully saturated rings. The normalized spacial score (nSPS) is 17.6. The van der Waals surface area contributed by atoms with Crippen molar-refractivity contribution in [3.8, 4) is 5.75 Å². The van der Waals surface area contributed by atoms with Crippen molar-refractivity contribution in [1.29, 1.82) is 0 Å². The van der Waals surface area contributed by atoms with E-state index in [1.165, 1.54) is 16.7 Å². The number of hydrogen-bond donors (Lipinski definition) is 0. The Hall–Kier alpha value is -0.730. The van der Waals surface area contributed by atoms with Crippen LogP contribution in [0.2, 0.25) is 0 Å². The summed E-state index contributed by atoms with van der Waals surface area (Å²) in [5.41, 5.74) is 3.86. The molecule has 0 unspecified atom stereocenters. The van der Waals surface area contributed by atoms with Gasteiger partial charge in [-0.2, -0.15) is 0 Å². The van der Waals surface area contributed by atoms with Crippen molar-refractivity contribution in [2.45, 2.75) is 25.7 Å². The summed E-state index contributed by atoms with van der Waals surface area (Å²) in [7, 11) is 1.72. The summed E-state index contributed by atoms with van der Waals surface area (Å²) < 4.78 is 10.9. The van der Waals surface area contributed by atoms with Crippen molar-refractivity contribution in [2.75, 3.05) is 26.2 Å². The third-order valence-electron chi connectivity index (χ3n) is 3.72. The first-order valence-electron chi connectivity index (χ1n) is 5.92. The topological polar surface area (TPSA) is 18.5 Å². The van der Waals surface area contributed by atoms with Gasteiger partial charge in [-0.1, -0.05) is 6.07 Å². The van der Waals surface area contributed by atoms with Crippen molar-refractivity contribution in [2.24, 2.45) is 0 Å². The average Bonchev–Trinajstić information content (AvgIpc) is 2.27. The van der Waals surface area contributed by atoms with Gasteiger partial charge >= 0.3 is 0 Å². The van der Waals surface area contributed by atoms with Gasteiger partial charge in [-0.25, -0.2) is 0 Å². The Morgan fingerprint density at radius 1 is 1.29 bits per heavy atom. The van der Waals surface area contributed by atoms with E-state index >= 15 is 0 Å². The molecule has 0 bridgehead atoms. The van der Waals surface area contributed by atoms with E-state index in [1.54, 1.807) is 7.11 Å². The zero-order valence-electron chi connectivity index (χ0n) is 10.7. The number of benzene rings is 1. The Bertz CT molecular complexity index is 411. The lowest BCUT2D eigenvalue weighted by Gasteiger charge is -2.42. The van der Waals surface area contributed by atoms with Crippen molar-refractivity contribution in [3.63, 3.8) is 0 Å². The largest absolute Gasteiger partial charge is 0.496 e. The highest BCUT2D eigenvalue weighted by molar-refractivity contribution is 6.17. The van der Waals surface area contributed by atoms with Crippen LogP contribution in [-0.4, -0.2) is 26.2 Å². The molecule has 0 atom stereocenters. The van der Waals surface area contributed by atoms with Crippen LogP contribution in [0.1, 0.15) is 23.1 Å². The first kappa shape index (κ1) is 12.7. The Kier molecular flexibility index (Phi) is 3.64. The molecule has 1 aromatic rings. The van der Waals surface area contributed by atoms with Crippen molar-refractivity contribution in [1.82, 2.24) is 0 Å². The highest BCUT2D eigenvalue weighted by atomic mass is 35.5. The molecule has 0 aliphatic carbocycles. The molecular formula is C14H19ClO2. The molecule has 0 radical (unpaired) electrons. The lowest BCUT2D eigenvalue weighted by atomic mass is 9.75. The predicted octanol–water partition coefficient (Wildman–Crippen LogP) is 3.21. The van der Waals surface area contributed by atoms with Crippen LogP contribution in [0, 0.1) is 13.8 Å². The smallest absolute Gasteiger partial charge is 0.123 e. The Morgan fingerprint density at radius 2 is 1.94 bits per heavy atom. The molecule has 1 saturated heterocycles. The predicted molar refractivity (Wildman–Crippen MR) is 70.3 cm³/mol. The van der Waals surface area contributed by atoms with Gasteiger partial charge in [0.25, 0.3) is 0 Å². The number of ether oxygens (including phenoxy) is 2. The third kappa shape index (κ3) is 2.16. The molecular weight excluding hydrogens is 236 g/mol. The van der Waals surface area contributed by atoms with Gasteiger partial charge in [-0.3, -0.25) is 0 Å². The summed E-state index contributed by atoms with van der Waals surface area (Å²) in [5, 5.41) is 0. The van der Waals surface area contributed by atoms with Crippen LogP contribution in [0.5, 0.6) is 5.75 Å². The molecule has 1 aromatic carbocycles. The van der Waals surface area contributed by atoms with Crippen molar-refractivity contribution < 1.29 is 9.47 Å². The van der Waals surface area contributed by atoms with Crippen LogP contribution >= 0.6 is 11.6 Å². The van der Waals surface area contributed by atoms with Crippen LogP contribution in [0.4, 0.5) is 0 Å². The zero-order chi connectivity index (χ0) is 12.5. The van der Waals surface area contributed by atoms with E-state index in [-0.39, 0.29) is 5.41 Å². The van der Waals surface area contributed by atoms with E-state index in [9.17, 15) is 0 Å². The van der Waals surface area contributed by atoms with Crippen LogP contribution in [0.25, 0.3) is 0 Å². The van der Waals surface area contributed by atoms with Crippen LogP contribution < -0.4 is 4.74 Å². The number of aryl methyl sites for hydroxylation is 2. The summed E-state index contributed by atoms with van der Waals surface area (Å²) in [6, 6.07) is 4.34. The Labute approximate surface area is 108 Å². The summed E-state index contributed by atoms with van der Waals surface area (Å²) in [6.45, 7) is 5.73. The molecule has 17 heavy (non-hydrogen) atoms. The molecule has 0 amide bonds. The van der Waals surface area contributed by atoms with Crippen LogP contribution in [0.15, 0.2) is 12.1 Å². The lowest BCUT2D eigenvalue weighted by Crippen LogP contribution is -2.47. The SMILES string of the molecule is COc1cc(C)c(C)cc1C1(CCCl)COC1. The van der Waals surface area contributed by atoms with E-state index in [4.69, 9.17) is 21.1 Å². The summed E-state index contributed by atoms with van der Waals surface area (Å²) in [6.07, 6.45) is 0.938. The number of alkyl halides is 1. The van der Waals surface area contributed by atoms with Crippen molar-refractivity contribution in [3.05, 3.63) is 28.8 Å². The zero-order valence-corrected chi connectivity index (χ0v) is 11.4. The quantitative estimate of drug-likeness (QED) is 0.769. The maximum Gasteiger partial charge on any atom is 0.123 e. The van der Waals surface area contributed by atoms with Crippen LogP contribution in [-0.2, 0) is 10.2 Å². The minimum absolute atomic E-state index is 0.0611. The second-order valence-electron chi connectivity index (χ2n) is 4.85. The van der Waals surface area contributed by atoms with E-state index in [0.717, 1.165) is 25.4 Å². The van der Waals surface area contributed by atoms with Gasteiger partial charge < -0.3 is 9.47 Å². The van der Waals surface area contributed by atoms with E-state index in [1.807, 2.05) is 0 Å². The van der Waals surface area contributed by atoms with Gasteiger partial charge in [0.05, 0.1) is 20.3 Å². The van der Waals surface area contributed by atoms with Gasteiger partial charge in [0.2, 0.25) is 0 Å². The molecule has 3 heteroatoms. The molecule has 2 rings (SSSR count). The van der Waals surface area contributed by atoms with E-state index in [2.05, 4.69) is 26.0 Å². The highest BCUT2D eigenvalue weighted by Crippen LogP contribution is 2.42. The first-order valence-corrected chi connectivity index (χ1v) is 6.46. The summed E-state index contributed by atoms with van der Waals surface area (Å²) in [5.74, 6) is 1.61. The fourth-order valence-electron chi connectivity index (χ4n) is 2.34. The molecule has 1 aliphatic heterocycles. The van der Waals surface area contributed by atoms with Gasteiger partial charge in [0.1, 0.15) is 5.75 Å². The van der Waals surface area contributed by atoms with E-state index in [0.29, 0.717) is 5.88 Å². The lowest BCUT2D eigenvalue weighted by molar-refractivity contribution is -0.0625. The number of rotatable bonds is 4. The standard InChI is InChI=1S/C14H19ClO2/c1-10-6-12(13(16-3)7-11(10)2)14(4-5-15)8-17-9-14/h6-7H,4-5,8-9H2,1-3H3. The maximum atomic E-state index is 5.92. The summed E-state index contributed by atoms with van der Waals surface area (Å²) in [4.78, 5) is 0. The molecule has 0 N–H and O–H groups in total. The van der Waals surface area contributed by atoms with Gasteiger partial charge in [0.15, 0.2) is 0 Å². The molecule has 1 aliphatic rings. The summed E-state index contributed by atoms with van der Waals surface area (Å²) >= 11 is 5.92. The van der Waals surface area contributed by atoms with Crippen molar-refractivity contribution >= 4 is 11.6 Å². The monoisotopic (exact) mass is 254 g/mol. The minimum Gasteiger partial charge on any atom is -0.496 e. The second-order valence-corrected chi connectivity index (χ2v) is 5.23. The molecule has 2 nitrogen and oxygen atoms in total. The third-order valence-corrected chi connectivity index (χ3v) is 3.91.